The smallest absolute Gasteiger partial charge is 0.247 e. The van der Waals surface area contributed by atoms with Gasteiger partial charge >= 0.3 is 0 Å². The summed E-state index contributed by atoms with van der Waals surface area (Å²) in [6.45, 7) is -0.00900. The van der Waals surface area contributed by atoms with E-state index in [-0.39, 0.29) is 12.6 Å². The van der Waals surface area contributed by atoms with E-state index in [1.54, 1.807) is 0 Å². The summed E-state index contributed by atoms with van der Waals surface area (Å²) in [7, 11) is 0. The standard InChI is InChI=1S/C67H44BN3/c1-3-16-44(17-4-1)46-30-32-48(33-31-46)66-56-24-15-29-64-67(56)68(58-40-38-50(42-57(58)66)70-60-25-11-7-20-52(60)53-21-8-12-26-61(53)70)59-41-39-51(71-62-27-13-9-22-54(62)55-23-10-14-28-63(55)71)43-65(59)69(64)49-36-34-47(35-37-49)45-18-5-2-6-19-45/h1-43,66H. The van der Waals surface area contributed by atoms with Crippen molar-refractivity contribution in [2.75, 3.05) is 4.90 Å². The van der Waals surface area contributed by atoms with Gasteiger partial charge in [-0.25, -0.2) is 0 Å². The molecule has 0 bridgehead atoms. The highest BCUT2D eigenvalue weighted by Gasteiger charge is 2.44. The van der Waals surface area contributed by atoms with Crippen molar-refractivity contribution >= 4 is 83.8 Å². The molecule has 0 saturated carbocycles. The summed E-state index contributed by atoms with van der Waals surface area (Å²) in [5, 5.41) is 5.04. The first kappa shape index (κ1) is 39.8. The molecule has 3 nitrogen and oxygen atoms in total. The monoisotopic (exact) mass is 901 g/mol. The zero-order valence-electron chi connectivity index (χ0n) is 38.8. The lowest BCUT2D eigenvalue weighted by molar-refractivity contribution is 0.979. The number of nitrogens with zero attached hydrogens (tertiary/aromatic N) is 3. The van der Waals surface area contributed by atoms with E-state index in [1.807, 2.05) is 0 Å². The molecule has 0 N–H and O–H groups in total. The van der Waals surface area contributed by atoms with Gasteiger partial charge in [-0.3, -0.25) is 0 Å². The average molecular weight is 902 g/mol. The van der Waals surface area contributed by atoms with Gasteiger partial charge in [0.2, 0.25) is 6.71 Å². The van der Waals surface area contributed by atoms with E-state index >= 15 is 0 Å². The summed E-state index contributed by atoms with van der Waals surface area (Å²) in [4.78, 5) is 2.55. The molecule has 2 aromatic heterocycles. The maximum absolute atomic E-state index is 2.55. The van der Waals surface area contributed by atoms with Gasteiger partial charge in [-0.1, -0.05) is 200 Å². The van der Waals surface area contributed by atoms with Crippen molar-refractivity contribution in [2.45, 2.75) is 5.92 Å². The van der Waals surface area contributed by atoms with Crippen LogP contribution in [0.3, 0.4) is 0 Å². The molecular weight excluding hydrogens is 858 g/mol. The maximum Gasteiger partial charge on any atom is 0.247 e. The number of anilines is 3. The molecule has 0 fully saturated rings. The van der Waals surface area contributed by atoms with Gasteiger partial charge in [-0.15, -0.1) is 0 Å². The predicted molar refractivity (Wildman–Crippen MR) is 299 cm³/mol. The Labute approximate surface area is 412 Å². The Morgan fingerprint density at radius 3 is 1.27 bits per heavy atom. The molecule has 1 atom stereocenters. The quantitative estimate of drug-likeness (QED) is 0.152. The molecule has 2 aliphatic rings. The first-order chi connectivity index (χ1) is 35.2. The Morgan fingerprint density at radius 2 is 0.732 bits per heavy atom. The Kier molecular flexibility index (Phi) is 8.82. The molecule has 4 heterocycles. The first-order valence-electron chi connectivity index (χ1n) is 24.7. The van der Waals surface area contributed by atoms with Crippen LogP contribution in [0.25, 0.3) is 77.2 Å². The number of fused-ring (bicyclic) bond motifs is 10. The van der Waals surface area contributed by atoms with E-state index in [1.165, 1.54) is 116 Å². The second kappa shape index (κ2) is 15.7. The minimum atomic E-state index is -0.0187. The number of aromatic nitrogens is 2. The summed E-state index contributed by atoms with van der Waals surface area (Å²) in [6.07, 6.45) is 0. The van der Waals surface area contributed by atoms with Crippen LogP contribution in [-0.2, 0) is 0 Å². The zero-order valence-corrected chi connectivity index (χ0v) is 38.8. The van der Waals surface area contributed by atoms with E-state index in [2.05, 4.69) is 275 Å². The van der Waals surface area contributed by atoms with Gasteiger partial charge in [0.25, 0.3) is 0 Å². The van der Waals surface area contributed by atoms with Gasteiger partial charge in [-0.2, -0.15) is 0 Å². The van der Waals surface area contributed by atoms with Crippen LogP contribution in [0.15, 0.2) is 261 Å². The SMILES string of the molecule is c1ccc(-c2ccc(C3c4cc(-n5c6ccccc6c6ccccc65)ccc4B4c5ccc(-n6c7ccccc7c7ccccc76)cc5N(c5ccc(-c6ccccc6)cc5)c5cccc3c54)cc2)cc1. The Morgan fingerprint density at radius 1 is 0.296 bits per heavy atom. The maximum atomic E-state index is 2.55. The number of benzene rings is 11. The fraction of sp³-hybridized carbons (Fsp3) is 0.0149. The third-order valence-corrected chi connectivity index (χ3v) is 15.5. The van der Waals surface area contributed by atoms with Crippen LogP contribution in [0.2, 0.25) is 0 Å². The van der Waals surface area contributed by atoms with E-state index in [4.69, 9.17) is 0 Å². The van der Waals surface area contributed by atoms with Crippen LogP contribution in [-0.4, -0.2) is 15.8 Å². The third kappa shape index (κ3) is 6.04. The van der Waals surface area contributed by atoms with E-state index in [0.717, 1.165) is 11.4 Å². The van der Waals surface area contributed by atoms with Gasteiger partial charge < -0.3 is 14.0 Å². The van der Waals surface area contributed by atoms with Gasteiger partial charge in [0.05, 0.1) is 22.1 Å². The summed E-state index contributed by atoms with van der Waals surface area (Å²) in [5.41, 5.74) is 23.5. The van der Waals surface area contributed by atoms with Crippen molar-refractivity contribution in [2.24, 2.45) is 0 Å². The van der Waals surface area contributed by atoms with Crippen LogP contribution in [0, 0.1) is 0 Å². The molecule has 2 aliphatic heterocycles. The van der Waals surface area contributed by atoms with E-state index < -0.39 is 0 Å². The molecule has 330 valence electrons. The van der Waals surface area contributed by atoms with Crippen LogP contribution < -0.4 is 21.3 Å². The number of hydrogen-bond acceptors (Lipinski definition) is 1. The highest BCUT2D eigenvalue weighted by Crippen LogP contribution is 2.45. The molecule has 0 radical (unpaired) electrons. The van der Waals surface area contributed by atoms with Crippen molar-refractivity contribution in [1.82, 2.24) is 9.13 Å². The lowest BCUT2D eigenvalue weighted by Gasteiger charge is -2.43. The zero-order chi connectivity index (χ0) is 46.6. The van der Waals surface area contributed by atoms with Crippen LogP contribution in [0.1, 0.15) is 22.6 Å². The molecule has 71 heavy (non-hydrogen) atoms. The Bertz CT molecular complexity index is 3850. The summed E-state index contributed by atoms with van der Waals surface area (Å²) in [6, 6.07) is 97.0. The van der Waals surface area contributed by atoms with E-state index in [0.29, 0.717) is 0 Å². The number of hydrogen-bond donors (Lipinski definition) is 0. The molecule has 1 unspecified atom stereocenters. The highest BCUT2D eigenvalue weighted by molar-refractivity contribution is 6.99. The van der Waals surface area contributed by atoms with Crippen molar-refractivity contribution in [3.8, 4) is 33.6 Å². The predicted octanol–water partition coefficient (Wildman–Crippen LogP) is 15.0. The van der Waals surface area contributed by atoms with Gasteiger partial charge in [0.1, 0.15) is 0 Å². The van der Waals surface area contributed by atoms with Crippen LogP contribution >= 0.6 is 0 Å². The van der Waals surface area contributed by atoms with Crippen molar-refractivity contribution in [3.05, 3.63) is 278 Å². The van der Waals surface area contributed by atoms with Gasteiger partial charge in [0, 0.05) is 55.9 Å². The first-order valence-corrected chi connectivity index (χ1v) is 24.7. The molecule has 0 aliphatic carbocycles. The Hall–Kier alpha value is -9.12. The largest absolute Gasteiger partial charge is 0.311 e. The third-order valence-electron chi connectivity index (χ3n) is 15.5. The van der Waals surface area contributed by atoms with Crippen molar-refractivity contribution in [3.63, 3.8) is 0 Å². The fourth-order valence-corrected chi connectivity index (χ4v) is 12.4. The van der Waals surface area contributed by atoms with E-state index in [9.17, 15) is 0 Å². The fourth-order valence-electron chi connectivity index (χ4n) is 12.4. The molecule has 0 spiro atoms. The molecule has 0 amide bonds. The van der Waals surface area contributed by atoms with Crippen LogP contribution in [0.5, 0.6) is 0 Å². The number of para-hydroxylation sites is 4. The lowest BCUT2D eigenvalue weighted by Crippen LogP contribution is -2.62. The molecule has 0 saturated heterocycles. The van der Waals surface area contributed by atoms with Gasteiger partial charge in [0.15, 0.2) is 0 Å². The number of rotatable bonds is 6. The molecule has 4 heteroatoms. The van der Waals surface area contributed by atoms with Crippen molar-refractivity contribution < 1.29 is 0 Å². The normalized spacial score (nSPS) is 13.7. The lowest BCUT2D eigenvalue weighted by atomic mass is 9.31. The second-order valence-corrected chi connectivity index (χ2v) is 19.2. The molecule has 11 aromatic carbocycles. The minimum absolute atomic E-state index is 0.00900. The van der Waals surface area contributed by atoms with Crippen molar-refractivity contribution in [1.29, 1.82) is 0 Å². The molecule has 15 rings (SSSR count). The average Bonchev–Trinajstić information content (AvgIpc) is 3.96. The van der Waals surface area contributed by atoms with Crippen LogP contribution in [0.4, 0.5) is 17.1 Å². The Balaban J connectivity index is 0.989. The topological polar surface area (TPSA) is 13.1 Å². The summed E-state index contributed by atoms with van der Waals surface area (Å²) < 4.78 is 4.93. The van der Waals surface area contributed by atoms with Gasteiger partial charge in [-0.05, 0) is 117 Å². The minimum Gasteiger partial charge on any atom is -0.311 e. The summed E-state index contributed by atoms with van der Waals surface area (Å²) in [5.74, 6) is -0.0187. The highest BCUT2D eigenvalue weighted by atomic mass is 15.2. The molecule has 13 aromatic rings. The molecular formula is C67H44BN3. The second-order valence-electron chi connectivity index (χ2n) is 19.2. The summed E-state index contributed by atoms with van der Waals surface area (Å²) >= 11 is 0.